The minimum atomic E-state index is 0.0428. The van der Waals surface area contributed by atoms with Crippen molar-refractivity contribution in [2.75, 3.05) is 14.2 Å². The van der Waals surface area contributed by atoms with Gasteiger partial charge in [-0.15, -0.1) is 11.3 Å². The number of ether oxygens (including phenoxy) is 2. The molecule has 0 aliphatic heterocycles. The first-order valence-corrected chi connectivity index (χ1v) is 7.61. The van der Waals surface area contributed by atoms with E-state index in [-0.39, 0.29) is 5.91 Å². The summed E-state index contributed by atoms with van der Waals surface area (Å²) < 4.78 is 10.5. The molecule has 0 aliphatic rings. The third kappa shape index (κ3) is 4.49. The van der Waals surface area contributed by atoms with Crippen molar-refractivity contribution in [2.24, 2.45) is 0 Å². The van der Waals surface area contributed by atoms with Crippen molar-refractivity contribution in [1.82, 2.24) is 5.32 Å². The zero-order valence-electron chi connectivity index (χ0n) is 12.2. The van der Waals surface area contributed by atoms with E-state index >= 15 is 0 Å². The molecule has 1 aromatic heterocycles. The van der Waals surface area contributed by atoms with E-state index in [9.17, 15) is 4.79 Å². The van der Waals surface area contributed by atoms with Gasteiger partial charge >= 0.3 is 0 Å². The van der Waals surface area contributed by atoms with E-state index in [4.69, 9.17) is 9.47 Å². The largest absolute Gasteiger partial charge is 0.497 e. The monoisotopic (exact) mass is 305 g/mol. The maximum absolute atomic E-state index is 11.9. The molecule has 0 aliphatic carbocycles. The molecule has 1 aromatic carbocycles. The molecule has 112 valence electrons. The lowest BCUT2D eigenvalue weighted by Gasteiger charge is -2.11. The number of aryl methyl sites for hydroxylation is 1. The lowest BCUT2D eigenvalue weighted by atomic mass is 10.2. The van der Waals surface area contributed by atoms with Gasteiger partial charge in [0.1, 0.15) is 11.5 Å². The number of methoxy groups -OCH3 is 2. The summed E-state index contributed by atoms with van der Waals surface area (Å²) >= 11 is 1.68. The average molecular weight is 305 g/mol. The molecule has 1 N–H and O–H groups in total. The summed E-state index contributed by atoms with van der Waals surface area (Å²) in [5, 5.41) is 4.94. The lowest BCUT2D eigenvalue weighted by molar-refractivity contribution is -0.121. The van der Waals surface area contributed by atoms with Gasteiger partial charge in [0.25, 0.3) is 0 Å². The third-order valence-corrected chi connectivity index (χ3v) is 4.08. The molecule has 0 saturated carbocycles. The van der Waals surface area contributed by atoms with Crippen molar-refractivity contribution in [1.29, 1.82) is 0 Å². The Kier molecular flexibility index (Phi) is 5.63. The minimum Gasteiger partial charge on any atom is -0.497 e. The summed E-state index contributed by atoms with van der Waals surface area (Å²) in [5.74, 6) is 1.49. The number of carbonyl (C=O) groups is 1. The SMILES string of the molecule is COc1ccc(CNC(=O)CCc2cccs2)c(OC)c1. The first-order chi connectivity index (χ1) is 10.2. The zero-order valence-corrected chi connectivity index (χ0v) is 13.0. The smallest absolute Gasteiger partial charge is 0.220 e. The number of carbonyl (C=O) groups excluding carboxylic acids is 1. The second-order valence-electron chi connectivity index (χ2n) is 4.53. The predicted molar refractivity (Wildman–Crippen MR) is 84.0 cm³/mol. The Balaban J connectivity index is 1.85. The summed E-state index contributed by atoms with van der Waals surface area (Å²) in [6, 6.07) is 9.62. The first-order valence-electron chi connectivity index (χ1n) is 6.73. The fourth-order valence-corrected chi connectivity index (χ4v) is 2.68. The number of rotatable bonds is 7. The summed E-state index contributed by atoms with van der Waals surface area (Å²) in [6.45, 7) is 0.455. The van der Waals surface area contributed by atoms with E-state index in [1.54, 1.807) is 25.6 Å². The van der Waals surface area contributed by atoms with Gasteiger partial charge in [0, 0.05) is 29.5 Å². The van der Waals surface area contributed by atoms with Gasteiger partial charge in [-0.3, -0.25) is 4.79 Å². The maximum atomic E-state index is 11.9. The molecule has 0 saturated heterocycles. The van der Waals surface area contributed by atoms with Crippen molar-refractivity contribution in [3.05, 3.63) is 46.2 Å². The molecule has 2 rings (SSSR count). The van der Waals surface area contributed by atoms with E-state index in [1.165, 1.54) is 4.88 Å². The van der Waals surface area contributed by atoms with Crippen molar-refractivity contribution in [2.45, 2.75) is 19.4 Å². The summed E-state index contributed by atoms with van der Waals surface area (Å²) in [4.78, 5) is 13.1. The van der Waals surface area contributed by atoms with Crippen LogP contribution in [-0.2, 0) is 17.8 Å². The number of benzene rings is 1. The highest BCUT2D eigenvalue weighted by atomic mass is 32.1. The molecule has 0 radical (unpaired) electrons. The van der Waals surface area contributed by atoms with Crippen molar-refractivity contribution in [3.8, 4) is 11.5 Å². The number of hydrogen-bond donors (Lipinski definition) is 1. The quantitative estimate of drug-likeness (QED) is 0.855. The molecule has 0 bridgehead atoms. The van der Waals surface area contributed by atoms with Crippen molar-refractivity contribution < 1.29 is 14.3 Å². The lowest BCUT2D eigenvalue weighted by Crippen LogP contribution is -2.23. The molecule has 0 unspecified atom stereocenters. The van der Waals surface area contributed by atoms with Crippen LogP contribution in [0, 0.1) is 0 Å². The Hall–Kier alpha value is -2.01. The van der Waals surface area contributed by atoms with Crippen molar-refractivity contribution >= 4 is 17.2 Å². The molecule has 2 aromatic rings. The third-order valence-electron chi connectivity index (χ3n) is 3.15. The van der Waals surface area contributed by atoms with Crippen LogP contribution in [0.1, 0.15) is 16.9 Å². The van der Waals surface area contributed by atoms with Gasteiger partial charge in [-0.2, -0.15) is 0 Å². The Morgan fingerprint density at radius 2 is 2.10 bits per heavy atom. The molecule has 0 spiro atoms. The molecule has 1 amide bonds. The van der Waals surface area contributed by atoms with E-state index < -0.39 is 0 Å². The fraction of sp³-hybridized carbons (Fsp3) is 0.312. The van der Waals surface area contributed by atoms with Crippen LogP contribution in [0.4, 0.5) is 0 Å². The van der Waals surface area contributed by atoms with Crippen LogP contribution in [0.25, 0.3) is 0 Å². The van der Waals surface area contributed by atoms with Gasteiger partial charge in [0.05, 0.1) is 14.2 Å². The van der Waals surface area contributed by atoms with Gasteiger partial charge in [-0.05, 0) is 30.0 Å². The van der Waals surface area contributed by atoms with Gasteiger partial charge in [-0.25, -0.2) is 0 Å². The number of thiophene rings is 1. The normalized spacial score (nSPS) is 10.2. The topological polar surface area (TPSA) is 47.6 Å². The molecular formula is C16H19NO3S. The highest BCUT2D eigenvalue weighted by Gasteiger charge is 2.07. The minimum absolute atomic E-state index is 0.0428. The fourth-order valence-electron chi connectivity index (χ4n) is 1.97. The van der Waals surface area contributed by atoms with Crippen LogP contribution < -0.4 is 14.8 Å². The van der Waals surface area contributed by atoms with Crippen LogP contribution in [0.15, 0.2) is 35.7 Å². The molecule has 5 heteroatoms. The van der Waals surface area contributed by atoms with Crippen LogP contribution >= 0.6 is 11.3 Å². The second-order valence-corrected chi connectivity index (χ2v) is 5.57. The molecular weight excluding hydrogens is 286 g/mol. The van der Waals surface area contributed by atoms with Gasteiger partial charge < -0.3 is 14.8 Å². The Labute approximate surface area is 128 Å². The standard InChI is InChI=1S/C16H19NO3S/c1-19-13-6-5-12(15(10-13)20-2)11-17-16(18)8-7-14-4-3-9-21-14/h3-6,9-10H,7-8,11H2,1-2H3,(H,17,18). The Morgan fingerprint density at radius 1 is 1.24 bits per heavy atom. The number of amides is 1. The summed E-state index contributed by atoms with van der Waals surface area (Å²) in [7, 11) is 3.22. The van der Waals surface area contributed by atoms with E-state index in [0.717, 1.165) is 17.7 Å². The first kappa shape index (κ1) is 15.4. The van der Waals surface area contributed by atoms with Gasteiger partial charge in [0.2, 0.25) is 5.91 Å². The molecule has 0 fully saturated rings. The molecule has 1 heterocycles. The van der Waals surface area contributed by atoms with Gasteiger partial charge in [0.15, 0.2) is 0 Å². The molecule has 0 atom stereocenters. The van der Waals surface area contributed by atoms with E-state index in [2.05, 4.69) is 5.32 Å². The molecule has 4 nitrogen and oxygen atoms in total. The van der Waals surface area contributed by atoms with E-state index in [0.29, 0.717) is 18.7 Å². The highest BCUT2D eigenvalue weighted by Crippen LogP contribution is 2.24. The number of nitrogens with one attached hydrogen (secondary N) is 1. The van der Waals surface area contributed by atoms with Crippen LogP contribution in [0.3, 0.4) is 0 Å². The van der Waals surface area contributed by atoms with Gasteiger partial charge in [-0.1, -0.05) is 6.07 Å². The van der Waals surface area contributed by atoms with Crippen molar-refractivity contribution in [3.63, 3.8) is 0 Å². The Bertz CT molecular complexity index is 581. The summed E-state index contributed by atoms with van der Waals surface area (Å²) in [5.41, 5.74) is 0.933. The van der Waals surface area contributed by atoms with Crippen LogP contribution in [0.5, 0.6) is 11.5 Å². The maximum Gasteiger partial charge on any atom is 0.220 e. The average Bonchev–Trinajstić information content (AvgIpc) is 3.04. The number of hydrogen-bond acceptors (Lipinski definition) is 4. The van der Waals surface area contributed by atoms with Crippen LogP contribution in [0.2, 0.25) is 0 Å². The summed E-state index contributed by atoms with van der Waals surface area (Å²) in [6.07, 6.45) is 1.28. The Morgan fingerprint density at radius 3 is 2.76 bits per heavy atom. The van der Waals surface area contributed by atoms with Crippen LogP contribution in [-0.4, -0.2) is 20.1 Å². The van der Waals surface area contributed by atoms with E-state index in [1.807, 2.05) is 35.7 Å². The second kappa shape index (κ2) is 7.69. The molecule has 21 heavy (non-hydrogen) atoms. The zero-order chi connectivity index (χ0) is 15.1. The highest BCUT2D eigenvalue weighted by molar-refractivity contribution is 7.09. The predicted octanol–water partition coefficient (Wildman–Crippen LogP) is 3.01.